The van der Waals surface area contributed by atoms with E-state index in [1.807, 2.05) is 0 Å². The van der Waals surface area contributed by atoms with E-state index in [2.05, 4.69) is 5.32 Å². The lowest BCUT2D eigenvalue weighted by Gasteiger charge is -2.16. The molecule has 1 aromatic carbocycles. The first-order valence-electron chi connectivity index (χ1n) is 5.52. The molecule has 0 unspecified atom stereocenters. The van der Waals surface area contributed by atoms with Crippen molar-refractivity contribution in [2.75, 3.05) is 0 Å². The molecule has 0 aliphatic rings. The van der Waals surface area contributed by atoms with E-state index in [9.17, 15) is 14.4 Å². The van der Waals surface area contributed by atoms with Gasteiger partial charge in [0.1, 0.15) is 12.5 Å². The van der Waals surface area contributed by atoms with Crippen LogP contribution in [0.3, 0.4) is 0 Å². The van der Waals surface area contributed by atoms with Crippen LogP contribution in [-0.2, 0) is 20.8 Å². The number of carboxylic acid groups (broad SMARTS) is 1. The zero-order valence-electron chi connectivity index (χ0n) is 10.00. The highest BCUT2D eigenvalue weighted by atomic mass is 16.5. The van der Waals surface area contributed by atoms with Crippen molar-refractivity contribution in [2.24, 2.45) is 0 Å². The van der Waals surface area contributed by atoms with Gasteiger partial charge in [0.15, 0.2) is 0 Å². The normalized spacial score (nSPS) is 11.4. The maximum Gasteiger partial charge on any atom is 0.312 e. The van der Waals surface area contributed by atoms with Crippen LogP contribution in [0.25, 0.3) is 0 Å². The van der Waals surface area contributed by atoms with E-state index in [-0.39, 0.29) is 6.42 Å². The van der Waals surface area contributed by atoms with E-state index < -0.39 is 30.2 Å². The smallest absolute Gasteiger partial charge is 0.312 e. The molecule has 2 amide bonds. The van der Waals surface area contributed by atoms with Crippen LogP contribution < -0.4 is 10.8 Å². The number of carboxylic acids is 1. The van der Waals surface area contributed by atoms with Gasteiger partial charge in [-0.3, -0.25) is 19.6 Å². The maximum atomic E-state index is 11.4. The molecule has 0 bridgehead atoms. The first-order chi connectivity index (χ1) is 9.02. The fourth-order valence-corrected chi connectivity index (χ4v) is 1.52. The second-order valence-electron chi connectivity index (χ2n) is 3.86. The molecule has 0 spiro atoms. The van der Waals surface area contributed by atoms with E-state index in [1.165, 1.54) is 5.48 Å². The number of carbonyl (C=O) groups is 3. The summed E-state index contributed by atoms with van der Waals surface area (Å²) < 4.78 is 0. The van der Waals surface area contributed by atoms with Crippen LogP contribution >= 0.6 is 0 Å². The Morgan fingerprint density at radius 1 is 1.16 bits per heavy atom. The lowest BCUT2D eigenvalue weighted by molar-refractivity contribution is -0.142. The second kappa shape index (κ2) is 7.12. The van der Waals surface area contributed by atoms with E-state index in [0.29, 0.717) is 0 Å². The van der Waals surface area contributed by atoms with Crippen molar-refractivity contribution in [3.05, 3.63) is 35.9 Å². The minimum Gasteiger partial charge on any atom is -0.481 e. The molecule has 0 aliphatic heterocycles. The standard InChI is InChI=1S/C12H14N2O5/c15-10(7-11(16)17)13-9(12(18)14-19)6-8-4-2-1-3-5-8/h1-5,9,19H,6-7H2,(H,13,15)(H,14,18)(H,16,17)/t9-/m1/s1. The lowest BCUT2D eigenvalue weighted by atomic mass is 10.1. The number of carbonyl (C=O) groups excluding carboxylic acids is 2. The largest absolute Gasteiger partial charge is 0.481 e. The summed E-state index contributed by atoms with van der Waals surface area (Å²) in [4.78, 5) is 33.1. The summed E-state index contributed by atoms with van der Waals surface area (Å²) in [6.07, 6.45) is -0.581. The molecule has 0 heterocycles. The third-order valence-electron chi connectivity index (χ3n) is 2.36. The number of amides is 2. The van der Waals surface area contributed by atoms with Gasteiger partial charge in [0.05, 0.1) is 0 Å². The van der Waals surface area contributed by atoms with E-state index in [4.69, 9.17) is 10.3 Å². The van der Waals surface area contributed by atoms with Crippen LogP contribution in [-0.4, -0.2) is 34.1 Å². The zero-order valence-corrected chi connectivity index (χ0v) is 10.00. The lowest BCUT2D eigenvalue weighted by Crippen LogP contribution is -2.47. The SMILES string of the molecule is O=C(O)CC(=O)N[C@H](Cc1ccccc1)C(=O)NO. The Kier molecular flexibility index (Phi) is 5.49. The molecule has 4 N–H and O–H groups in total. The Bertz CT molecular complexity index is 460. The fraction of sp³-hybridized carbons (Fsp3) is 0.250. The molecule has 7 nitrogen and oxygen atoms in total. The summed E-state index contributed by atoms with van der Waals surface area (Å²) in [5.74, 6) is -2.89. The first kappa shape index (κ1) is 14.7. The molecule has 1 aromatic rings. The molecule has 0 aliphatic carbocycles. The van der Waals surface area contributed by atoms with Crippen LogP contribution in [0.2, 0.25) is 0 Å². The molecule has 1 atom stereocenters. The van der Waals surface area contributed by atoms with Crippen molar-refractivity contribution in [2.45, 2.75) is 18.9 Å². The van der Waals surface area contributed by atoms with E-state index in [1.54, 1.807) is 30.3 Å². The van der Waals surface area contributed by atoms with Gasteiger partial charge >= 0.3 is 5.97 Å². The average Bonchev–Trinajstić information content (AvgIpc) is 2.37. The highest BCUT2D eigenvalue weighted by molar-refractivity contribution is 5.95. The third kappa shape index (κ3) is 5.17. The van der Waals surface area contributed by atoms with Gasteiger partial charge < -0.3 is 10.4 Å². The Morgan fingerprint density at radius 2 is 1.79 bits per heavy atom. The van der Waals surface area contributed by atoms with Gasteiger partial charge in [0.25, 0.3) is 5.91 Å². The quantitative estimate of drug-likeness (QED) is 0.320. The van der Waals surface area contributed by atoms with Gasteiger partial charge in [0.2, 0.25) is 5.91 Å². The number of benzene rings is 1. The monoisotopic (exact) mass is 266 g/mol. The number of hydrogen-bond donors (Lipinski definition) is 4. The molecule has 1 rings (SSSR count). The van der Waals surface area contributed by atoms with Crippen LogP contribution in [0, 0.1) is 0 Å². The summed E-state index contributed by atoms with van der Waals surface area (Å²) in [5, 5.41) is 19.3. The van der Waals surface area contributed by atoms with Crippen LogP contribution in [0.15, 0.2) is 30.3 Å². The Hall–Kier alpha value is -2.41. The summed E-state index contributed by atoms with van der Waals surface area (Å²) in [6, 6.07) is 7.81. The topological polar surface area (TPSA) is 116 Å². The summed E-state index contributed by atoms with van der Waals surface area (Å²) in [6.45, 7) is 0. The van der Waals surface area contributed by atoms with Crippen molar-refractivity contribution in [3.8, 4) is 0 Å². The van der Waals surface area contributed by atoms with E-state index in [0.717, 1.165) is 5.56 Å². The molecular weight excluding hydrogens is 252 g/mol. The Balaban J connectivity index is 2.70. The molecule has 0 fully saturated rings. The summed E-state index contributed by atoms with van der Waals surface area (Å²) in [7, 11) is 0. The van der Waals surface area contributed by atoms with Gasteiger partial charge in [0, 0.05) is 6.42 Å². The fourth-order valence-electron chi connectivity index (χ4n) is 1.52. The number of hydrogen-bond acceptors (Lipinski definition) is 4. The molecule has 0 aromatic heterocycles. The summed E-state index contributed by atoms with van der Waals surface area (Å²) >= 11 is 0. The zero-order chi connectivity index (χ0) is 14.3. The van der Waals surface area contributed by atoms with Crippen LogP contribution in [0.1, 0.15) is 12.0 Å². The van der Waals surface area contributed by atoms with Crippen molar-refractivity contribution >= 4 is 17.8 Å². The predicted octanol–water partition coefficient (Wildman–Crippen LogP) is -0.306. The van der Waals surface area contributed by atoms with Crippen LogP contribution in [0.4, 0.5) is 0 Å². The average molecular weight is 266 g/mol. The molecule has 19 heavy (non-hydrogen) atoms. The van der Waals surface area contributed by atoms with Crippen molar-refractivity contribution in [1.82, 2.24) is 10.8 Å². The van der Waals surface area contributed by atoms with E-state index >= 15 is 0 Å². The minimum absolute atomic E-state index is 0.151. The summed E-state index contributed by atoms with van der Waals surface area (Å²) in [5.41, 5.74) is 2.21. The second-order valence-corrected chi connectivity index (χ2v) is 3.86. The molecule has 102 valence electrons. The molecule has 0 saturated heterocycles. The van der Waals surface area contributed by atoms with Gasteiger partial charge in [-0.1, -0.05) is 30.3 Å². The highest BCUT2D eigenvalue weighted by Gasteiger charge is 2.21. The van der Waals surface area contributed by atoms with Crippen LogP contribution in [0.5, 0.6) is 0 Å². The molecule has 7 heteroatoms. The number of nitrogens with one attached hydrogen (secondary N) is 2. The first-order valence-corrected chi connectivity index (χ1v) is 5.52. The molecule has 0 radical (unpaired) electrons. The minimum atomic E-state index is -1.29. The Morgan fingerprint density at radius 3 is 2.32 bits per heavy atom. The third-order valence-corrected chi connectivity index (χ3v) is 2.36. The van der Waals surface area contributed by atoms with Crippen molar-refractivity contribution in [3.63, 3.8) is 0 Å². The number of aliphatic carboxylic acids is 1. The number of rotatable bonds is 6. The van der Waals surface area contributed by atoms with Crippen molar-refractivity contribution < 1.29 is 24.7 Å². The molecular formula is C12H14N2O5. The molecule has 0 saturated carbocycles. The Labute approximate surface area is 109 Å². The van der Waals surface area contributed by atoms with Gasteiger partial charge in [-0.15, -0.1) is 0 Å². The van der Waals surface area contributed by atoms with Gasteiger partial charge in [-0.2, -0.15) is 0 Å². The predicted molar refractivity (Wildman–Crippen MR) is 64.3 cm³/mol. The number of hydroxylamine groups is 1. The maximum absolute atomic E-state index is 11.4. The van der Waals surface area contributed by atoms with Crippen molar-refractivity contribution in [1.29, 1.82) is 0 Å². The van der Waals surface area contributed by atoms with Gasteiger partial charge in [-0.05, 0) is 5.56 Å². The highest BCUT2D eigenvalue weighted by Crippen LogP contribution is 2.03. The van der Waals surface area contributed by atoms with Gasteiger partial charge in [-0.25, -0.2) is 5.48 Å².